The van der Waals surface area contributed by atoms with E-state index < -0.39 is 29.7 Å². The Balaban J connectivity index is 1.70. The molecular weight excluding hydrogens is 347 g/mol. The number of nitrogens with zero attached hydrogens (tertiary/aromatic N) is 4. The van der Waals surface area contributed by atoms with Crippen LogP contribution in [0.4, 0.5) is 15.8 Å². The summed E-state index contributed by atoms with van der Waals surface area (Å²) in [7, 11) is 0. The zero-order chi connectivity index (χ0) is 17.7. The molecule has 126 valence electrons. The molecule has 4 rings (SSSR count). The molecule has 0 N–H and O–H groups in total. The smallest absolute Gasteiger partial charge is 0.263 e. The summed E-state index contributed by atoms with van der Waals surface area (Å²) < 4.78 is 13.1. The second kappa shape index (κ2) is 5.63. The Morgan fingerprint density at radius 3 is 2.40 bits per heavy atom. The Morgan fingerprint density at radius 1 is 1.04 bits per heavy atom. The number of fused-ring (bicyclic) bond motifs is 1. The normalized spacial score (nSPS) is 22.0. The van der Waals surface area contributed by atoms with E-state index in [1.54, 1.807) is 18.2 Å². The van der Waals surface area contributed by atoms with E-state index in [1.165, 1.54) is 29.3 Å². The molecule has 0 spiro atoms. The number of anilines is 2. The second-order valence-corrected chi connectivity index (χ2v) is 6.27. The number of carbonyl (C=O) groups excluding carboxylic acids is 2. The lowest BCUT2D eigenvalue weighted by Crippen LogP contribution is -2.39. The summed E-state index contributed by atoms with van der Waals surface area (Å²) >= 11 is 6.14. The number of aryl methyl sites for hydroxylation is 1. The van der Waals surface area contributed by atoms with Crippen LogP contribution >= 0.6 is 11.6 Å². The van der Waals surface area contributed by atoms with E-state index in [0.717, 1.165) is 10.5 Å². The Bertz CT molecular complexity index is 915. The standard InChI is InChI=1S/C17H12ClFN4O2/c1-9-2-5-12(8-13(9)18)23-15-14(20-21-23)16(24)22(17(15)25)11-6-3-10(19)4-7-11/h2-8,14-15H,1H3. The predicted octanol–water partition coefficient (Wildman–Crippen LogP) is 3.29. The highest BCUT2D eigenvalue weighted by Crippen LogP contribution is 2.36. The fraction of sp³-hybridized carbons (Fsp3) is 0.176. The van der Waals surface area contributed by atoms with Crippen molar-refractivity contribution >= 4 is 34.8 Å². The van der Waals surface area contributed by atoms with Crippen LogP contribution < -0.4 is 9.91 Å². The number of imide groups is 1. The Hall–Kier alpha value is -2.80. The molecule has 1 fully saturated rings. The number of hydrogen-bond donors (Lipinski definition) is 0. The highest BCUT2D eigenvalue weighted by atomic mass is 35.5. The summed E-state index contributed by atoms with van der Waals surface area (Å²) in [5.74, 6) is -1.38. The van der Waals surface area contributed by atoms with Crippen molar-refractivity contribution in [1.29, 1.82) is 0 Å². The van der Waals surface area contributed by atoms with E-state index in [-0.39, 0.29) is 0 Å². The van der Waals surface area contributed by atoms with Gasteiger partial charge < -0.3 is 0 Å². The van der Waals surface area contributed by atoms with Gasteiger partial charge in [0, 0.05) is 5.02 Å². The van der Waals surface area contributed by atoms with Crippen LogP contribution in [0.2, 0.25) is 5.02 Å². The van der Waals surface area contributed by atoms with Gasteiger partial charge in [-0.05, 0) is 48.9 Å². The lowest BCUT2D eigenvalue weighted by Gasteiger charge is -2.21. The molecule has 1 saturated heterocycles. The maximum Gasteiger partial charge on any atom is 0.263 e. The van der Waals surface area contributed by atoms with Gasteiger partial charge in [-0.3, -0.25) is 9.59 Å². The van der Waals surface area contributed by atoms with Gasteiger partial charge in [0.15, 0.2) is 12.1 Å². The quantitative estimate of drug-likeness (QED) is 0.774. The summed E-state index contributed by atoms with van der Waals surface area (Å²) in [4.78, 5) is 26.4. The largest absolute Gasteiger partial charge is 0.271 e. The lowest BCUT2D eigenvalue weighted by molar-refractivity contribution is -0.121. The second-order valence-electron chi connectivity index (χ2n) is 5.86. The van der Waals surface area contributed by atoms with E-state index in [9.17, 15) is 14.0 Å². The van der Waals surface area contributed by atoms with Crippen LogP contribution in [0.5, 0.6) is 0 Å². The van der Waals surface area contributed by atoms with Crippen molar-refractivity contribution in [3.05, 3.63) is 58.9 Å². The first kappa shape index (κ1) is 15.7. The van der Waals surface area contributed by atoms with Crippen molar-refractivity contribution in [2.45, 2.75) is 19.0 Å². The molecule has 6 nitrogen and oxygen atoms in total. The van der Waals surface area contributed by atoms with Crippen LogP contribution in [0, 0.1) is 12.7 Å². The minimum absolute atomic E-state index is 0.308. The number of halogens is 2. The molecule has 2 aliphatic heterocycles. The van der Waals surface area contributed by atoms with E-state index in [1.807, 2.05) is 6.92 Å². The van der Waals surface area contributed by atoms with Gasteiger partial charge in [0.05, 0.1) is 11.4 Å². The molecule has 0 bridgehead atoms. The molecule has 0 aliphatic carbocycles. The van der Waals surface area contributed by atoms with Crippen LogP contribution in [0.3, 0.4) is 0 Å². The van der Waals surface area contributed by atoms with E-state index >= 15 is 0 Å². The number of rotatable bonds is 2. The molecule has 2 aliphatic rings. The van der Waals surface area contributed by atoms with Gasteiger partial charge in [-0.2, -0.15) is 5.11 Å². The van der Waals surface area contributed by atoms with Gasteiger partial charge in [0.25, 0.3) is 11.8 Å². The minimum Gasteiger partial charge on any atom is -0.271 e. The Labute approximate surface area is 147 Å². The third-order valence-electron chi connectivity index (χ3n) is 4.29. The van der Waals surface area contributed by atoms with Crippen molar-refractivity contribution in [2.75, 3.05) is 9.91 Å². The third kappa shape index (κ3) is 2.39. The summed E-state index contributed by atoms with van der Waals surface area (Å²) in [6.45, 7) is 1.86. The Kier molecular flexibility index (Phi) is 3.54. The van der Waals surface area contributed by atoms with Crippen LogP contribution in [0.15, 0.2) is 52.8 Å². The molecule has 2 unspecified atom stereocenters. The van der Waals surface area contributed by atoms with Gasteiger partial charge >= 0.3 is 0 Å². The fourth-order valence-corrected chi connectivity index (χ4v) is 3.12. The maximum atomic E-state index is 13.1. The van der Waals surface area contributed by atoms with Crippen molar-refractivity contribution in [1.82, 2.24) is 0 Å². The SMILES string of the molecule is Cc1ccc(N2N=NC3C(=O)N(c4ccc(F)cc4)C(=O)C32)cc1Cl. The average Bonchev–Trinajstić information content (AvgIpc) is 3.13. The van der Waals surface area contributed by atoms with Gasteiger partial charge in [-0.15, -0.1) is 0 Å². The molecule has 0 radical (unpaired) electrons. The van der Waals surface area contributed by atoms with E-state index in [0.29, 0.717) is 16.4 Å². The monoisotopic (exact) mass is 358 g/mol. The first-order chi connectivity index (χ1) is 12.0. The van der Waals surface area contributed by atoms with Gasteiger partial charge in [-0.1, -0.05) is 22.9 Å². The molecule has 0 saturated carbocycles. The predicted molar refractivity (Wildman–Crippen MR) is 90.0 cm³/mol. The van der Waals surface area contributed by atoms with Gasteiger partial charge in [0.2, 0.25) is 0 Å². The number of hydrogen-bond acceptors (Lipinski definition) is 5. The molecule has 0 aromatic heterocycles. The molecule has 2 atom stereocenters. The topological polar surface area (TPSA) is 65.3 Å². The highest BCUT2D eigenvalue weighted by molar-refractivity contribution is 6.31. The van der Waals surface area contributed by atoms with Crippen molar-refractivity contribution < 1.29 is 14.0 Å². The van der Waals surface area contributed by atoms with Crippen molar-refractivity contribution in [3.63, 3.8) is 0 Å². The summed E-state index contributed by atoms with van der Waals surface area (Å²) in [5.41, 5.74) is 1.77. The van der Waals surface area contributed by atoms with Gasteiger partial charge in [0.1, 0.15) is 5.82 Å². The molecular formula is C17H12ClFN4O2. The Morgan fingerprint density at radius 2 is 1.72 bits per heavy atom. The first-order valence-electron chi connectivity index (χ1n) is 7.57. The van der Waals surface area contributed by atoms with E-state index in [2.05, 4.69) is 10.3 Å². The van der Waals surface area contributed by atoms with Crippen LogP contribution in [0.1, 0.15) is 5.56 Å². The van der Waals surface area contributed by atoms with Crippen molar-refractivity contribution in [2.24, 2.45) is 10.3 Å². The molecule has 2 aromatic rings. The first-order valence-corrected chi connectivity index (χ1v) is 7.95. The summed E-state index contributed by atoms with van der Waals surface area (Å²) in [6, 6.07) is 8.63. The minimum atomic E-state index is -0.919. The number of amides is 2. The lowest BCUT2D eigenvalue weighted by atomic mass is 10.1. The van der Waals surface area contributed by atoms with Gasteiger partial charge in [-0.25, -0.2) is 14.3 Å². The molecule has 2 amide bonds. The number of benzene rings is 2. The summed E-state index contributed by atoms with van der Waals surface area (Å²) in [6.07, 6.45) is 0. The third-order valence-corrected chi connectivity index (χ3v) is 4.69. The highest BCUT2D eigenvalue weighted by Gasteiger charge is 2.55. The zero-order valence-corrected chi connectivity index (χ0v) is 13.8. The van der Waals surface area contributed by atoms with Crippen LogP contribution in [-0.4, -0.2) is 23.9 Å². The molecule has 25 heavy (non-hydrogen) atoms. The maximum absolute atomic E-state index is 13.1. The average molecular weight is 359 g/mol. The van der Waals surface area contributed by atoms with Crippen LogP contribution in [-0.2, 0) is 9.59 Å². The molecule has 8 heteroatoms. The summed E-state index contributed by atoms with van der Waals surface area (Å²) in [5, 5.41) is 9.86. The van der Waals surface area contributed by atoms with E-state index in [4.69, 9.17) is 11.6 Å². The molecule has 2 heterocycles. The number of carbonyl (C=O) groups is 2. The fourth-order valence-electron chi connectivity index (χ4n) is 2.94. The van der Waals surface area contributed by atoms with Crippen molar-refractivity contribution in [3.8, 4) is 0 Å². The van der Waals surface area contributed by atoms with Crippen LogP contribution in [0.25, 0.3) is 0 Å². The zero-order valence-electron chi connectivity index (χ0n) is 13.1. The molecule has 2 aromatic carbocycles.